The number of carbonyl (C=O) groups excluding carboxylic acids is 1. The van der Waals surface area contributed by atoms with Gasteiger partial charge in [0.2, 0.25) is 0 Å². The van der Waals surface area contributed by atoms with Crippen molar-refractivity contribution in [3.05, 3.63) is 47.7 Å². The number of aromatic nitrogens is 3. The molecule has 1 aliphatic carbocycles. The molecule has 1 amide bonds. The Balaban J connectivity index is 1.75. The first-order valence-electron chi connectivity index (χ1n) is 10.7. The SMILES string of the molecule is COc1ccc2c(c1)c(C(=O)N(C)Cc1nccn1C(F)F)c(C)n2C1CCCCC1. The summed E-state index contributed by atoms with van der Waals surface area (Å²) in [5.41, 5.74) is 2.51. The van der Waals surface area contributed by atoms with Gasteiger partial charge in [0.25, 0.3) is 5.91 Å². The molecule has 8 heteroatoms. The summed E-state index contributed by atoms with van der Waals surface area (Å²) in [5, 5.41) is 0.830. The van der Waals surface area contributed by atoms with E-state index in [1.165, 1.54) is 36.6 Å². The van der Waals surface area contributed by atoms with E-state index in [4.69, 9.17) is 4.74 Å². The number of benzene rings is 1. The quantitative estimate of drug-likeness (QED) is 0.531. The van der Waals surface area contributed by atoms with Crippen molar-refractivity contribution in [3.63, 3.8) is 0 Å². The van der Waals surface area contributed by atoms with Crippen LogP contribution >= 0.6 is 0 Å². The van der Waals surface area contributed by atoms with Crippen LogP contribution in [0.2, 0.25) is 0 Å². The molecule has 4 rings (SSSR count). The summed E-state index contributed by atoms with van der Waals surface area (Å²) in [6, 6.07) is 6.17. The molecule has 1 fully saturated rings. The Morgan fingerprint density at radius 1 is 1.29 bits per heavy atom. The van der Waals surface area contributed by atoms with Gasteiger partial charge in [-0.2, -0.15) is 8.78 Å². The molecular weight excluding hydrogens is 402 g/mol. The first-order chi connectivity index (χ1) is 14.9. The number of hydrogen-bond donors (Lipinski definition) is 0. The highest BCUT2D eigenvalue weighted by molar-refractivity contribution is 6.08. The van der Waals surface area contributed by atoms with E-state index in [-0.39, 0.29) is 18.3 Å². The van der Waals surface area contributed by atoms with Crippen LogP contribution in [-0.2, 0) is 6.54 Å². The normalized spacial score (nSPS) is 15.0. The van der Waals surface area contributed by atoms with Crippen molar-refractivity contribution in [1.82, 2.24) is 19.0 Å². The lowest BCUT2D eigenvalue weighted by Gasteiger charge is -2.26. The number of amides is 1. The van der Waals surface area contributed by atoms with Gasteiger partial charge in [0.05, 0.1) is 19.2 Å². The fraction of sp³-hybridized carbons (Fsp3) is 0.478. The van der Waals surface area contributed by atoms with Gasteiger partial charge in [-0.05, 0) is 38.0 Å². The van der Waals surface area contributed by atoms with E-state index in [0.717, 1.165) is 34.0 Å². The molecule has 0 saturated heterocycles. The lowest BCUT2D eigenvalue weighted by Crippen LogP contribution is -2.28. The molecule has 0 spiro atoms. The number of rotatable bonds is 6. The van der Waals surface area contributed by atoms with Gasteiger partial charge in [-0.25, -0.2) is 4.98 Å². The number of nitrogens with zero attached hydrogens (tertiary/aromatic N) is 4. The number of hydrogen-bond acceptors (Lipinski definition) is 3. The summed E-state index contributed by atoms with van der Waals surface area (Å²) in [5.74, 6) is 0.615. The van der Waals surface area contributed by atoms with Gasteiger partial charge in [-0.1, -0.05) is 19.3 Å². The summed E-state index contributed by atoms with van der Waals surface area (Å²) >= 11 is 0. The van der Waals surface area contributed by atoms with Crippen LogP contribution in [0.25, 0.3) is 10.9 Å². The minimum Gasteiger partial charge on any atom is -0.497 e. The fourth-order valence-electron chi connectivity index (χ4n) is 4.75. The Labute approximate surface area is 180 Å². The van der Waals surface area contributed by atoms with Crippen LogP contribution in [0, 0.1) is 6.92 Å². The predicted molar refractivity (Wildman–Crippen MR) is 115 cm³/mol. The second-order valence-electron chi connectivity index (χ2n) is 8.19. The zero-order chi connectivity index (χ0) is 22.1. The minimum absolute atomic E-state index is 0.00428. The number of alkyl halides is 2. The van der Waals surface area contributed by atoms with Crippen LogP contribution in [0.3, 0.4) is 0 Å². The Bertz CT molecular complexity index is 1080. The van der Waals surface area contributed by atoms with Crippen molar-refractivity contribution in [3.8, 4) is 5.75 Å². The van der Waals surface area contributed by atoms with Gasteiger partial charge in [0, 0.05) is 42.1 Å². The highest BCUT2D eigenvalue weighted by Crippen LogP contribution is 2.37. The smallest absolute Gasteiger partial charge is 0.319 e. The van der Waals surface area contributed by atoms with E-state index in [9.17, 15) is 13.6 Å². The molecule has 2 aromatic heterocycles. The van der Waals surface area contributed by atoms with Crippen molar-refractivity contribution < 1.29 is 18.3 Å². The van der Waals surface area contributed by atoms with Crippen LogP contribution < -0.4 is 4.74 Å². The molecule has 1 saturated carbocycles. The van der Waals surface area contributed by atoms with Crippen LogP contribution in [0.4, 0.5) is 8.78 Å². The third-order valence-electron chi connectivity index (χ3n) is 6.29. The highest BCUT2D eigenvalue weighted by Gasteiger charge is 2.28. The van der Waals surface area contributed by atoms with Crippen molar-refractivity contribution in [2.45, 2.75) is 58.2 Å². The molecule has 0 unspecified atom stereocenters. The molecule has 0 atom stereocenters. The van der Waals surface area contributed by atoms with E-state index >= 15 is 0 Å². The summed E-state index contributed by atoms with van der Waals surface area (Å²) in [6.45, 7) is -0.724. The van der Waals surface area contributed by atoms with Crippen molar-refractivity contribution in [2.24, 2.45) is 0 Å². The van der Waals surface area contributed by atoms with Crippen LogP contribution in [0.1, 0.15) is 66.6 Å². The Morgan fingerprint density at radius 2 is 2.03 bits per heavy atom. The average molecular weight is 430 g/mol. The maximum atomic E-state index is 13.5. The molecule has 31 heavy (non-hydrogen) atoms. The molecular formula is C23H28F2N4O2. The minimum atomic E-state index is -2.69. The van der Waals surface area contributed by atoms with E-state index < -0.39 is 6.55 Å². The molecule has 0 aliphatic heterocycles. The van der Waals surface area contributed by atoms with Crippen molar-refractivity contribution >= 4 is 16.8 Å². The molecule has 1 aromatic carbocycles. The summed E-state index contributed by atoms with van der Waals surface area (Å²) in [4.78, 5) is 19.0. The van der Waals surface area contributed by atoms with Gasteiger partial charge < -0.3 is 14.2 Å². The molecule has 3 aromatic rings. The van der Waals surface area contributed by atoms with Gasteiger partial charge in [0.15, 0.2) is 0 Å². The number of imidazole rings is 1. The molecule has 166 valence electrons. The summed E-state index contributed by atoms with van der Waals surface area (Å²) in [7, 11) is 3.22. The van der Waals surface area contributed by atoms with Crippen LogP contribution in [0.15, 0.2) is 30.6 Å². The number of carbonyl (C=O) groups is 1. The van der Waals surface area contributed by atoms with Crippen LogP contribution in [-0.4, -0.2) is 39.1 Å². The average Bonchev–Trinajstić information content (AvgIpc) is 3.34. The second-order valence-corrected chi connectivity index (χ2v) is 8.19. The van der Waals surface area contributed by atoms with Gasteiger partial charge in [0.1, 0.15) is 11.6 Å². The van der Waals surface area contributed by atoms with Crippen LogP contribution in [0.5, 0.6) is 5.75 Å². The number of ether oxygens (including phenoxy) is 1. The maximum absolute atomic E-state index is 13.5. The lowest BCUT2D eigenvalue weighted by atomic mass is 9.95. The van der Waals surface area contributed by atoms with Crippen molar-refractivity contribution in [1.29, 1.82) is 0 Å². The third kappa shape index (κ3) is 3.91. The third-order valence-corrected chi connectivity index (χ3v) is 6.29. The van der Waals surface area contributed by atoms with E-state index in [2.05, 4.69) is 9.55 Å². The standard InChI is InChI=1S/C23H28F2N4O2/c1-15-21(22(30)27(2)14-20-26-11-12-28(20)23(24)25)18-13-17(31-3)9-10-19(18)29(15)16-7-5-4-6-8-16/h9-13,16,23H,4-8,14H2,1-3H3. The lowest BCUT2D eigenvalue weighted by molar-refractivity contribution is 0.0612. The zero-order valence-electron chi connectivity index (χ0n) is 18.1. The van der Waals surface area contributed by atoms with Gasteiger partial charge in [-0.3, -0.25) is 9.36 Å². The molecule has 0 bridgehead atoms. The second kappa shape index (κ2) is 8.69. The Kier molecular flexibility index (Phi) is 5.98. The number of halogens is 2. The largest absolute Gasteiger partial charge is 0.497 e. The first-order valence-corrected chi connectivity index (χ1v) is 10.7. The summed E-state index contributed by atoms with van der Waals surface area (Å²) in [6.07, 6.45) is 8.33. The topological polar surface area (TPSA) is 52.3 Å². The fourth-order valence-corrected chi connectivity index (χ4v) is 4.75. The molecule has 0 radical (unpaired) electrons. The van der Waals surface area contributed by atoms with Crippen molar-refractivity contribution in [2.75, 3.05) is 14.2 Å². The molecule has 6 nitrogen and oxygen atoms in total. The Hall–Kier alpha value is -2.90. The Morgan fingerprint density at radius 3 is 2.71 bits per heavy atom. The van der Waals surface area contributed by atoms with Gasteiger partial charge in [-0.15, -0.1) is 0 Å². The maximum Gasteiger partial charge on any atom is 0.319 e. The molecule has 2 heterocycles. The molecule has 1 aliphatic rings. The highest BCUT2D eigenvalue weighted by atomic mass is 19.3. The van der Waals surface area contributed by atoms with E-state index in [1.54, 1.807) is 14.2 Å². The van der Waals surface area contributed by atoms with E-state index in [0.29, 0.717) is 17.4 Å². The van der Waals surface area contributed by atoms with E-state index in [1.807, 2.05) is 25.1 Å². The number of methoxy groups -OCH3 is 1. The predicted octanol–water partition coefficient (Wildman–Crippen LogP) is 5.33. The first kappa shape index (κ1) is 21.3. The monoisotopic (exact) mass is 430 g/mol. The zero-order valence-corrected chi connectivity index (χ0v) is 18.1. The summed E-state index contributed by atoms with van der Waals surface area (Å²) < 4.78 is 34.9. The molecule has 0 N–H and O–H groups in total. The van der Waals surface area contributed by atoms with Gasteiger partial charge >= 0.3 is 6.55 Å². The number of fused-ring (bicyclic) bond motifs is 1.